The summed E-state index contributed by atoms with van der Waals surface area (Å²) in [7, 11) is 1.87. The molecule has 0 unspecified atom stereocenters. The first-order chi connectivity index (χ1) is 11.1. The van der Waals surface area contributed by atoms with Crippen LogP contribution in [0.2, 0.25) is 0 Å². The van der Waals surface area contributed by atoms with Crippen molar-refractivity contribution in [3.05, 3.63) is 47.0 Å². The van der Waals surface area contributed by atoms with Crippen molar-refractivity contribution in [3.8, 4) is 0 Å². The number of nitrogens with zero attached hydrogens (tertiary/aromatic N) is 4. The molecule has 0 spiro atoms. The maximum absolute atomic E-state index is 4.55. The quantitative estimate of drug-likeness (QED) is 0.410. The second-order valence-electron chi connectivity index (χ2n) is 5.67. The number of hydrogen-bond acceptors (Lipinski definition) is 3. The van der Waals surface area contributed by atoms with Crippen molar-refractivity contribution in [2.45, 2.75) is 33.7 Å². The Morgan fingerprint density at radius 3 is 2.46 bits per heavy atom. The van der Waals surface area contributed by atoms with Gasteiger partial charge in [0, 0.05) is 20.1 Å². The zero-order valence-corrected chi connectivity index (χ0v) is 17.2. The summed E-state index contributed by atoms with van der Waals surface area (Å²) in [6.07, 6.45) is 2.52. The van der Waals surface area contributed by atoms with Gasteiger partial charge < -0.3 is 10.6 Å². The van der Waals surface area contributed by atoms with Crippen molar-refractivity contribution in [1.82, 2.24) is 25.4 Å². The molecule has 7 heteroatoms. The Balaban J connectivity index is 0.00000288. The van der Waals surface area contributed by atoms with Crippen LogP contribution in [0.3, 0.4) is 0 Å². The van der Waals surface area contributed by atoms with Crippen LogP contribution < -0.4 is 10.6 Å². The summed E-state index contributed by atoms with van der Waals surface area (Å²) in [5, 5.41) is 10.7. The van der Waals surface area contributed by atoms with Gasteiger partial charge in [0.15, 0.2) is 5.96 Å². The highest BCUT2D eigenvalue weighted by molar-refractivity contribution is 14.0. The van der Waals surface area contributed by atoms with Crippen LogP contribution in [-0.2, 0) is 20.0 Å². The third-order valence-corrected chi connectivity index (χ3v) is 3.52. The number of aryl methyl sites for hydroxylation is 3. The fourth-order valence-electron chi connectivity index (χ4n) is 2.49. The Morgan fingerprint density at radius 1 is 1.17 bits per heavy atom. The SMILES string of the molecule is CCNC(=NCc1ncnn1C)NCCc1cc(C)cc(C)c1.I. The normalized spacial score (nSPS) is 11.1. The molecule has 0 atom stereocenters. The maximum Gasteiger partial charge on any atom is 0.191 e. The Bertz CT molecular complexity index is 645. The van der Waals surface area contributed by atoms with Gasteiger partial charge >= 0.3 is 0 Å². The van der Waals surface area contributed by atoms with Crippen LogP contribution in [0.1, 0.15) is 29.4 Å². The van der Waals surface area contributed by atoms with Crippen LogP contribution in [0.15, 0.2) is 29.5 Å². The summed E-state index contributed by atoms with van der Waals surface area (Å²) in [5.41, 5.74) is 3.96. The van der Waals surface area contributed by atoms with Gasteiger partial charge in [-0.25, -0.2) is 9.98 Å². The molecule has 2 N–H and O–H groups in total. The first-order valence-corrected chi connectivity index (χ1v) is 8.00. The van der Waals surface area contributed by atoms with E-state index >= 15 is 0 Å². The predicted molar refractivity (Wildman–Crippen MR) is 109 cm³/mol. The van der Waals surface area contributed by atoms with Crippen LogP contribution in [0.25, 0.3) is 0 Å². The molecule has 2 aromatic rings. The van der Waals surface area contributed by atoms with Gasteiger partial charge in [0.25, 0.3) is 0 Å². The summed E-state index contributed by atoms with van der Waals surface area (Å²) >= 11 is 0. The lowest BCUT2D eigenvalue weighted by molar-refractivity contribution is 0.697. The maximum atomic E-state index is 4.55. The minimum atomic E-state index is 0. The zero-order valence-electron chi connectivity index (χ0n) is 14.8. The Morgan fingerprint density at radius 2 is 1.88 bits per heavy atom. The second kappa shape index (κ2) is 10.3. The molecule has 132 valence electrons. The fourth-order valence-corrected chi connectivity index (χ4v) is 2.49. The standard InChI is InChI=1S/C17H26N6.HI/c1-5-18-17(20-11-16-21-12-22-23(16)4)19-7-6-15-9-13(2)8-14(3)10-15;/h8-10,12H,5-7,11H2,1-4H3,(H2,18,19,20);1H. The van der Waals surface area contributed by atoms with Crippen LogP contribution >= 0.6 is 24.0 Å². The summed E-state index contributed by atoms with van der Waals surface area (Å²) in [6, 6.07) is 6.67. The van der Waals surface area contributed by atoms with Crippen LogP contribution in [-0.4, -0.2) is 33.8 Å². The van der Waals surface area contributed by atoms with Gasteiger partial charge in [0.05, 0.1) is 0 Å². The minimum Gasteiger partial charge on any atom is -0.357 e. The van der Waals surface area contributed by atoms with Gasteiger partial charge in [-0.2, -0.15) is 5.10 Å². The number of rotatable bonds is 6. The molecule has 0 amide bonds. The Hall–Kier alpha value is -1.64. The smallest absolute Gasteiger partial charge is 0.191 e. The van der Waals surface area contributed by atoms with Gasteiger partial charge in [-0.3, -0.25) is 4.68 Å². The lowest BCUT2D eigenvalue weighted by atomic mass is 10.1. The van der Waals surface area contributed by atoms with Crippen LogP contribution in [0.4, 0.5) is 0 Å². The largest absolute Gasteiger partial charge is 0.357 e. The fraction of sp³-hybridized carbons (Fsp3) is 0.471. The van der Waals surface area contributed by atoms with Crippen molar-refractivity contribution in [3.63, 3.8) is 0 Å². The summed E-state index contributed by atoms with van der Waals surface area (Å²) < 4.78 is 1.74. The number of benzene rings is 1. The molecular weight excluding hydrogens is 415 g/mol. The number of guanidine groups is 1. The average molecular weight is 442 g/mol. The van der Waals surface area contributed by atoms with E-state index in [1.54, 1.807) is 11.0 Å². The summed E-state index contributed by atoms with van der Waals surface area (Å²) in [5.74, 6) is 1.65. The first kappa shape index (κ1) is 20.4. The van der Waals surface area contributed by atoms with E-state index in [9.17, 15) is 0 Å². The topological polar surface area (TPSA) is 67.1 Å². The van der Waals surface area contributed by atoms with E-state index in [1.807, 2.05) is 7.05 Å². The van der Waals surface area contributed by atoms with Crippen molar-refractivity contribution < 1.29 is 0 Å². The average Bonchev–Trinajstić information content (AvgIpc) is 2.89. The van der Waals surface area contributed by atoms with E-state index in [-0.39, 0.29) is 24.0 Å². The Kier molecular flexibility index (Phi) is 8.73. The molecule has 2 rings (SSSR count). The first-order valence-electron chi connectivity index (χ1n) is 8.00. The lowest BCUT2D eigenvalue weighted by Crippen LogP contribution is -2.38. The molecule has 0 saturated heterocycles. The Labute approximate surface area is 161 Å². The predicted octanol–water partition coefficient (Wildman–Crippen LogP) is 2.35. The highest BCUT2D eigenvalue weighted by Crippen LogP contribution is 2.08. The van der Waals surface area contributed by atoms with Crippen molar-refractivity contribution in [1.29, 1.82) is 0 Å². The van der Waals surface area contributed by atoms with E-state index in [1.165, 1.54) is 16.7 Å². The third-order valence-electron chi connectivity index (χ3n) is 3.52. The van der Waals surface area contributed by atoms with Gasteiger partial charge in [-0.15, -0.1) is 24.0 Å². The van der Waals surface area contributed by atoms with Crippen LogP contribution in [0.5, 0.6) is 0 Å². The van der Waals surface area contributed by atoms with E-state index in [2.05, 4.69) is 64.7 Å². The highest BCUT2D eigenvalue weighted by atomic mass is 127. The molecule has 6 nitrogen and oxygen atoms in total. The molecule has 0 aliphatic heterocycles. The van der Waals surface area contributed by atoms with Crippen molar-refractivity contribution in [2.75, 3.05) is 13.1 Å². The molecule has 0 radical (unpaired) electrons. The lowest BCUT2D eigenvalue weighted by Gasteiger charge is -2.11. The van der Waals surface area contributed by atoms with E-state index in [4.69, 9.17) is 0 Å². The number of nitrogens with one attached hydrogen (secondary N) is 2. The number of aromatic nitrogens is 3. The molecule has 1 heterocycles. The molecule has 1 aromatic carbocycles. The second-order valence-corrected chi connectivity index (χ2v) is 5.67. The van der Waals surface area contributed by atoms with Crippen molar-refractivity contribution >= 4 is 29.9 Å². The molecule has 0 saturated carbocycles. The molecule has 1 aromatic heterocycles. The minimum absolute atomic E-state index is 0. The monoisotopic (exact) mass is 442 g/mol. The van der Waals surface area contributed by atoms with Gasteiger partial charge in [-0.1, -0.05) is 29.3 Å². The van der Waals surface area contributed by atoms with E-state index < -0.39 is 0 Å². The zero-order chi connectivity index (χ0) is 16.7. The van der Waals surface area contributed by atoms with Gasteiger partial charge in [-0.05, 0) is 32.8 Å². The van der Waals surface area contributed by atoms with E-state index in [0.717, 1.165) is 31.3 Å². The number of aliphatic imine (C=N–C) groups is 1. The van der Waals surface area contributed by atoms with E-state index in [0.29, 0.717) is 6.54 Å². The summed E-state index contributed by atoms with van der Waals surface area (Å²) in [4.78, 5) is 8.74. The highest BCUT2D eigenvalue weighted by Gasteiger charge is 2.02. The number of halogens is 1. The molecular formula is C17H27IN6. The van der Waals surface area contributed by atoms with Gasteiger partial charge in [0.2, 0.25) is 0 Å². The van der Waals surface area contributed by atoms with Gasteiger partial charge in [0.1, 0.15) is 18.7 Å². The summed E-state index contributed by atoms with van der Waals surface area (Å²) in [6.45, 7) is 8.51. The molecule has 0 bridgehead atoms. The van der Waals surface area contributed by atoms with Crippen molar-refractivity contribution in [2.24, 2.45) is 12.0 Å². The molecule has 0 fully saturated rings. The number of hydrogen-bond donors (Lipinski definition) is 2. The molecule has 0 aliphatic carbocycles. The third kappa shape index (κ3) is 6.46. The molecule has 0 aliphatic rings. The molecule has 24 heavy (non-hydrogen) atoms. The van der Waals surface area contributed by atoms with Crippen LogP contribution in [0, 0.1) is 13.8 Å².